The zero-order valence-corrected chi connectivity index (χ0v) is 7.63. The van der Waals surface area contributed by atoms with Crippen molar-refractivity contribution < 1.29 is 4.79 Å². The average molecular weight is 165 g/mol. The Balaban J connectivity index is 2.32. The molecule has 66 valence electrons. The highest BCUT2D eigenvalue weighted by atomic mass is 16.1. The third kappa shape index (κ3) is 2.53. The van der Waals surface area contributed by atoms with Crippen LogP contribution in [0.25, 0.3) is 0 Å². The summed E-state index contributed by atoms with van der Waals surface area (Å²) in [6.07, 6.45) is 5.35. The molecule has 0 spiro atoms. The number of carbonyl (C=O) groups excluding carboxylic acids is 1. The van der Waals surface area contributed by atoms with Crippen LogP contribution in [-0.4, -0.2) is 10.8 Å². The fourth-order valence-corrected chi connectivity index (χ4v) is 1.07. The number of carbonyl (C=O) groups is 1. The summed E-state index contributed by atoms with van der Waals surface area (Å²) in [5.74, 6) is 0.514. The van der Waals surface area contributed by atoms with E-state index in [1.807, 2.05) is 32.3 Å². The van der Waals surface area contributed by atoms with Gasteiger partial charge in [-0.2, -0.15) is 0 Å². The van der Waals surface area contributed by atoms with Crippen LogP contribution in [0.1, 0.15) is 25.8 Å². The predicted molar refractivity (Wildman–Crippen MR) is 49.0 cm³/mol. The fraction of sp³-hybridized carbons (Fsp3) is 0.500. The summed E-state index contributed by atoms with van der Waals surface area (Å²) in [6, 6.07) is 2.01. The molecule has 0 bridgehead atoms. The first-order chi connectivity index (χ1) is 5.70. The van der Waals surface area contributed by atoms with Crippen LogP contribution in [0.5, 0.6) is 0 Å². The SMILES string of the molecule is CC(C)C(=O)CCc1cc[nH]c1. The summed E-state index contributed by atoms with van der Waals surface area (Å²) in [6.45, 7) is 3.89. The maximum Gasteiger partial charge on any atom is 0.135 e. The lowest BCUT2D eigenvalue weighted by atomic mass is 10.0. The van der Waals surface area contributed by atoms with E-state index in [-0.39, 0.29) is 5.92 Å². The van der Waals surface area contributed by atoms with Gasteiger partial charge in [0.15, 0.2) is 0 Å². The molecule has 0 aliphatic heterocycles. The van der Waals surface area contributed by atoms with Gasteiger partial charge in [-0.1, -0.05) is 13.8 Å². The van der Waals surface area contributed by atoms with Crippen LogP contribution in [0.2, 0.25) is 0 Å². The van der Waals surface area contributed by atoms with Crippen LogP contribution in [0, 0.1) is 5.92 Å². The topological polar surface area (TPSA) is 32.9 Å². The number of rotatable bonds is 4. The standard InChI is InChI=1S/C10H15NO/c1-8(2)10(12)4-3-9-5-6-11-7-9/h5-8,11H,3-4H2,1-2H3. The van der Waals surface area contributed by atoms with E-state index >= 15 is 0 Å². The van der Waals surface area contributed by atoms with E-state index < -0.39 is 0 Å². The first-order valence-corrected chi connectivity index (χ1v) is 4.34. The van der Waals surface area contributed by atoms with Crippen LogP contribution in [0.3, 0.4) is 0 Å². The van der Waals surface area contributed by atoms with Crippen molar-refractivity contribution >= 4 is 5.78 Å². The maximum atomic E-state index is 11.2. The van der Waals surface area contributed by atoms with Gasteiger partial charge in [0.1, 0.15) is 5.78 Å². The second-order valence-electron chi connectivity index (χ2n) is 3.34. The summed E-state index contributed by atoms with van der Waals surface area (Å²) in [4.78, 5) is 14.2. The van der Waals surface area contributed by atoms with E-state index in [9.17, 15) is 4.79 Å². The molecule has 1 aromatic rings. The van der Waals surface area contributed by atoms with E-state index in [1.54, 1.807) is 0 Å². The molecule has 0 radical (unpaired) electrons. The molecule has 2 heteroatoms. The fourth-order valence-electron chi connectivity index (χ4n) is 1.07. The van der Waals surface area contributed by atoms with Gasteiger partial charge < -0.3 is 4.98 Å². The van der Waals surface area contributed by atoms with Gasteiger partial charge in [0.05, 0.1) is 0 Å². The Morgan fingerprint density at radius 3 is 2.83 bits per heavy atom. The van der Waals surface area contributed by atoms with Crippen molar-refractivity contribution in [3.05, 3.63) is 24.0 Å². The molecule has 0 atom stereocenters. The number of aromatic amines is 1. The second kappa shape index (κ2) is 4.10. The van der Waals surface area contributed by atoms with Crippen molar-refractivity contribution in [3.63, 3.8) is 0 Å². The molecule has 2 nitrogen and oxygen atoms in total. The lowest BCUT2D eigenvalue weighted by Crippen LogP contribution is -2.07. The Morgan fingerprint density at radius 1 is 1.58 bits per heavy atom. The molecule has 0 fully saturated rings. The van der Waals surface area contributed by atoms with Crippen LogP contribution < -0.4 is 0 Å². The van der Waals surface area contributed by atoms with Gasteiger partial charge in [0.2, 0.25) is 0 Å². The molecule has 0 aliphatic carbocycles. The van der Waals surface area contributed by atoms with E-state index in [4.69, 9.17) is 0 Å². The van der Waals surface area contributed by atoms with Crippen molar-refractivity contribution in [1.82, 2.24) is 4.98 Å². The number of Topliss-reactive ketones (excluding diaryl/α,β-unsaturated/α-hetero) is 1. The molecule has 12 heavy (non-hydrogen) atoms. The minimum Gasteiger partial charge on any atom is -0.367 e. The number of H-pyrrole nitrogens is 1. The van der Waals surface area contributed by atoms with Crippen LogP contribution in [0.4, 0.5) is 0 Å². The highest BCUT2D eigenvalue weighted by Gasteiger charge is 2.06. The lowest BCUT2D eigenvalue weighted by Gasteiger charge is -2.01. The number of nitrogens with one attached hydrogen (secondary N) is 1. The van der Waals surface area contributed by atoms with E-state index in [1.165, 1.54) is 5.56 Å². The minimum absolute atomic E-state index is 0.170. The van der Waals surface area contributed by atoms with Gasteiger partial charge in [-0.15, -0.1) is 0 Å². The van der Waals surface area contributed by atoms with Crippen LogP contribution in [-0.2, 0) is 11.2 Å². The first-order valence-electron chi connectivity index (χ1n) is 4.34. The van der Waals surface area contributed by atoms with Gasteiger partial charge in [-0.05, 0) is 18.1 Å². The Kier molecular flexibility index (Phi) is 3.09. The smallest absolute Gasteiger partial charge is 0.135 e. The summed E-state index contributed by atoms with van der Waals surface area (Å²) in [7, 11) is 0. The van der Waals surface area contributed by atoms with E-state index in [0.717, 1.165) is 6.42 Å². The summed E-state index contributed by atoms with van der Waals surface area (Å²) in [5.41, 5.74) is 1.21. The van der Waals surface area contributed by atoms with Crippen molar-refractivity contribution in [2.75, 3.05) is 0 Å². The van der Waals surface area contributed by atoms with Crippen molar-refractivity contribution in [2.24, 2.45) is 5.92 Å². The monoisotopic (exact) mass is 165 g/mol. The zero-order valence-electron chi connectivity index (χ0n) is 7.63. The molecular formula is C10H15NO. The number of aromatic nitrogens is 1. The summed E-state index contributed by atoms with van der Waals surface area (Å²) < 4.78 is 0. The Morgan fingerprint density at radius 2 is 2.33 bits per heavy atom. The molecule has 0 aliphatic rings. The first kappa shape index (κ1) is 9.04. The molecule has 0 unspecified atom stereocenters. The zero-order chi connectivity index (χ0) is 8.97. The molecule has 0 saturated heterocycles. The molecular weight excluding hydrogens is 150 g/mol. The third-order valence-electron chi connectivity index (χ3n) is 1.97. The highest BCUT2D eigenvalue weighted by Crippen LogP contribution is 2.05. The second-order valence-corrected chi connectivity index (χ2v) is 3.34. The lowest BCUT2D eigenvalue weighted by molar-refractivity contribution is -0.121. The minimum atomic E-state index is 0.170. The van der Waals surface area contributed by atoms with E-state index in [0.29, 0.717) is 12.2 Å². The molecule has 1 rings (SSSR count). The molecule has 1 aromatic heterocycles. The van der Waals surface area contributed by atoms with Gasteiger partial charge in [-0.3, -0.25) is 4.79 Å². The van der Waals surface area contributed by atoms with Gasteiger partial charge in [0.25, 0.3) is 0 Å². The molecule has 0 amide bonds. The predicted octanol–water partition coefficient (Wildman–Crippen LogP) is 2.17. The van der Waals surface area contributed by atoms with Crippen molar-refractivity contribution in [1.29, 1.82) is 0 Å². The van der Waals surface area contributed by atoms with Gasteiger partial charge in [0, 0.05) is 24.7 Å². The molecule has 0 aromatic carbocycles. The Labute approximate surface area is 73.0 Å². The van der Waals surface area contributed by atoms with Crippen molar-refractivity contribution in [2.45, 2.75) is 26.7 Å². The normalized spacial score (nSPS) is 10.6. The summed E-state index contributed by atoms with van der Waals surface area (Å²) in [5, 5.41) is 0. The quantitative estimate of drug-likeness (QED) is 0.728. The van der Waals surface area contributed by atoms with E-state index in [2.05, 4.69) is 4.98 Å². The number of aryl methyl sites for hydroxylation is 1. The van der Waals surface area contributed by atoms with Gasteiger partial charge in [-0.25, -0.2) is 0 Å². The Hall–Kier alpha value is -1.05. The van der Waals surface area contributed by atoms with Crippen LogP contribution in [0.15, 0.2) is 18.5 Å². The van der Waals surface area contributed by atoms with Crippen molar-refractivity contribution in [3.8, 4) is 0 Å². The highest BCUT2D eigenvalue weighted by molar-refractivity contribution is 5.80. The largest absolute Gasteiger partial charge is 0.367 e. The van der Waals surface area contributed by atoms with Crippen LogP contribution >= 0.6 is 0 Å². The number of hydrogen-bond donors (Lipinski definition) is 1. The number of ketones is 1. The Bertz CT molecular complexity index is 236. The molecule has 0 saturated carbocycles. The van der Waals surface area contributed by atoms with Gasteiger partial charge >= 0.3 is 0 Å². The maximum absolute atomic E-state index is 11.2. The summed E-state index contributed by atoms with van der Waals surface area (Å²) >= 11 is 0. The molecule has 1 heterocycles. The number of hydrogen-bond acceptors (Lipinski definition) is 1. The average Bonchev–Trinajstić information content (AvgIpc) is 2.51. The molecule has 1 N–H and O–H groups in total. The third-order valence-corrected chi connectivity index (χ3v) is 1.97.